The zero-order valence-electron chi connectivity index (χ0n) is 15.7. The smallest absolute Gasteiger partial charge is 0.314 e. The minimum absolute atomic E-state index is 0.0109. The van der Waals surface area contributed by atoms with Crippen molar-refractivity contribution in [1.82, 2.24) is 4.31 Å². The third-order valence-corrected chi connectivity index (χ3v) is 5.90. The van der Waals surface area contributed by atoms with Crippen molar-refractivity contribution in [3.63, 3.8) is 0 Å². The summed E-state index contributed by atoms with van der Waals surface area (Å²) in [6, 6.07) is 4.13. The molecule has 1 fully saturated rings. The first-order chi connectivity index (χ1) is 11.7. The molecule has 1 saturated carbocycles. The minimum atomic E-state index is -0.667. The van der Waals surface area contributed by atoms with Gasteiger partial charge in [-0.1, -0.05) is 17.7 Å². The molecule has 5 heteroatoms. The molecule has 0 spiro atoms. The van der Waals surface area contributed by atoms with Gasteiger partial charge in [0.05, 0.1) is 11.5 Å². The van der Waals surface area contributed by atoms with E-state index in [4.69, 9.17) is 4.74 Å². The molecular formula is C20H25NO3S. The molecule has 1 aromatic rings. The fraction of sp³-hybridized carbons (Fsp3) is 0.500. The number of carbonyl (C=O) groups is 2. The van der Waals surface area contributed by atoms with Crippen LogP contribution in [0.15, 0.2) is 17.9 Å². The molecule has 1 aliphatic heterocycles. The third kappa shape index (κ3) is 2.99. The predicted octanol–water partition coefficient (Wildman–Crippen LogP) is 4.17. The summed E-state index contributed by atoms with van der Waals surface area (Å²) in [6.07, 6.45) is 3.63. The zero-order chi connectivity index (χ0) is 18.5. The summed E-state index contributed by atoms with van der Waals surface area (Å²) in [6.45, 7) is 9.92. The van der Waals surface area contributed by atoms with Crippen LogP contribution in [0.4, 0.5) is 0 Å². The first-order valence-corrected chi connectivity index (χ1v) is 9.80. The molecule has 1 aromatic carbocycles. The number of amides is 1. The normalized spacial score (nSPS) is 19.6. The van der Waals surface area contributed by atoms with E-state index in [1.54, 1.807) is 4.31 Å². The number of esters is 1. The summed E-state index contributed by atoms with van der Waals surface area (Å²) >= 11 is 1.37. The molecule has 3 rings (SSSR count). The minimum Gasteiger partial charge on any atom is -0.427 e. The molecule has 0 radical (unpaired) electrons. The van der Waals surface area contributed by atoms with Gasteiger partial charge in [-0.25, -0.2) is 0 Å². The summed E-state index contributed by atoms with van der Waals surface area (Å²) in [7, 11) is 0. The standard InChI is InChI=1S/C20H25NO3S/c1-11-9-12(2)15(13(3)10-11)16-17(24-19(23)14-7-8-14)20(4,5)21(25-6)18(16)22/h9-10,14H,7-8H2,1-6H3. The fourth-order valence-electron chi connectivity index (χ4n) is 3.64. The Bertz CT molecular complexity index is 767. The highest BCUT2D eigenvalue weighted by atomic mass is 32.2. The maximum absolute atomic E-state index is 13.2. The van der Waals surface area contributed by atoms with Crippen LogP contribution in [0, 0.1) is 26.7 Å². The third-order valence-electron chi connectivity index (χ3n) is 4.91. The first kappa shape index (κ1) is 18.1. The van der Waals surface area contributed by atoms with E-state index in [1.165, 1.54) is 11.9 Å². The van der Waals surface area contributed by atoms with Crippen LogP contribution in [-0.2, 0) is 14.3 Å². The van der Waals surface area contributed by atoms with Crippen molar-refractivity contribution in [2.24, 2.45) is 5.92 Å². The van der Waals surface area contributed by atoms with E-state index in [0.717, 1.165) is 35.1 Å². The molecule has 1 amide bonds. The molecule has 0 unspecified atom stereocenters. The predicted molar refractivity (Wildman–Crippen MR) is 101 cm³/mol. The lowest BCUT2D eigenvalue weighted by Crippen LogP contribution is -2.39. The molecule has 0 N–H and O–H groups in total. The maximum Gasteiger partial charge on any atom is 0.314 e. The average molecular weight is 359 g/mol. The van der Waals surface area contributed by atoms with Crippen LogP contribution in [0.1, 0.15) is 48.9 Å². The molecule has 1 heterocycles. The molecule has 0 saturated heterocycles. The van der Waals surface area contributed by atoms with Crippen LogP contribution < -0.4 is 0 Å². The second-order valence-corrected chi connectivity index (χ2v) is 8.24. The van der Waals surface area contributed by atoms with Gasteiger partial charge in [0.25, 0.3) is 5.91 Å². The molecule has 0 bridgehead atoms. The van der Waals surface area contributed by atoms with Crippen molar-refractivity contribution < 1.29 is 14.3 Å². The van der Waals surface area contributed by atoms with Crippen molar-refractivity contribution >= 4 is 29.4 Å². The van der Waals surface area contributed by atoms with Gasteiger partial charge in [0.2, 0.25) is 0 Å². The van der Waals surface area contributed by atoms with Gasteiger partial charge in [-0.15, -0.1) is 0 Å². The van der Waals surface area contributed by atoms with E-state index in [0.29, 0.717) is 11.3 Å². The lowest BCUT2D eigenvalue weighted by atomic mass is 9.91. The van der Waals surface area contributed by atoms with Gasteiger partial charge in [-0.3, -0.25) is 13.9 Å². The van der Waals surface area contributed by atoms with Crippen molar-refractivity contribution in [2.75, 3.05) is 6.26 Å². The van der Waals surface area contributed by atoms with Crippen molar-refractivity contribution in [3.05, 3.63) is 40.1 Å². The number of benzene rings is 1. The SMILES string of the molecule is CSN1C(=O)C(c2c(C)cc(C)cc2C)=C(OC(=O)C2CC2)C1(C)C. The second kappa shape index (κ2) is 6.20. The molecule has 2 aliphatic rings. The molecule has 25 heavy (non-hydrogen) atoms. The monoisotopic (exact) mass is 359 g/mol. The van der Waals surface area contributed by atoms with Gasteiger partial charge < -0.3 is 4.74 Å². The van der Waals surface area contributed by atoms with Crippen LogP contribution >= 0.6 is 11.9 Å². The number of aryl methyl sites for hydroxylation is 3. The van der Waals surface area contributed by atoms with Gasteiger partial charge in [0.1, 0.15) is 11.3 Å². The van der Waals surface area contributed by atoms with E-state index in [-0.39, 0.29) is 17.8 Å². The number of nitrogens with zero attached hydrogens (tertiary/aromatic N) is 1. The highest BCUT2D eigenvalue weighted by Gasteiger charge is 2.49. The van der Waals surface area contributed by atoms with Crippen molar-refractivity contribution in [1.29, 1.82) is 0 Å². The Morgan fingerprint density at radius 1 is 1.20 bits per heavy atom. The van der Waals surface area contributed by atoms with Crippen LogP contribution in [0.25, 0.3) is 5.57 Å². The Balaban J connectivity index is 2.19. The Labute approximate surface area is 153 Å². The Kier molecular flexibility index (Phi) is 4.48. The molecule has 4 nitrogen and oxygen atoms in total. The number of ether oxygens (including phenoxy) is 1. The van der Waals surface area contributed by atoms with Crippen molar-refractivity contribution in [2.45, 2.75) is 53.0 Å². The molecule has 134 valence electrons. The molecule has 1 aliphatic carbocycles. The summed E-state index contributed by atoms with van der Waals surface area (Å²) < 4.78 is 7.53. The van der Waals surface area contributed by atoms with Crippen molar-refractivity contribution in [3.8, 4) is 0 Å². The summed E-state index contributed by atoms with van der Waals surface area (Å²) in [5, 5.41) is 0. The van der Waals surface area contributed by atoms with E-state index < -0.39 is 5.54 Å². The Hall–Kier alpha value is -1.75. The molecule has 0 atom stereocenters. The Morgan fingerprint density at radius 2 is 1.76 bits per heavy atom. The van der Waals surface area contributed by atoms with Crippen LogP contribution in [0.2, 0.25) is 0 Å². The Morgan fingerprint density at radius 3 is 2.24 bits per heavy atom. The second-order valence-electron chi connectivity index (χ2n) is 7.51. The van der Waals surface area contributed by atoms with E-state index in [2.05, 4.69) is 12.1 Å². The number of rotatable bonds is 4. The van der Waals surface area contributed by atoms with Gasteiger partial charge in [-0.2, -0.15) is 0 Å². The lowest BCUT2D eigenvalue weighted by molar-refractivity contribution is -0.142. The highest BCUT2D eigenvalue weighted by molar-refractivity contribution is 7.96. The topological polar surface area (TPSA) is 46.6 Å². The first-order valence-electron chi connectivity index (χ1n) is 8.61. The van der Waals surface area contributed by atoms with Crippen LogP contribution in [0.5, 0.6) is 0 Å². The van der Waals surface area contributed by atoms with Crippen LogP contribution in [0.3, 0.4) is 0 Å². The fourth-order valence-corrected chi connectivity index (χ4v) is 4.43. The highest BCUT2D eigenvalue weighted by Crippen LogP contribution is 2.46. The molecule has 0 aromatic heterocycles. The van der Waals surface area contributed by atoms with Gasteiger partial charge in [-0.05, 0) is 76.1 Å². The van der Waals surface area contributed by atoms with Gasteiger partial charge >= 0.3 is 5.97 Å². The largest absolute Gasteiger partial charge is 0.427 e. The van der Waals surface area contributed by atoms with Crippen LogP contribution in [-0.4, -0.2) is 28.0 Å². The number of carbonyl (C=O) groups excluding carboxylic acids is 2. The summed E-state index contributed by atoms with van der Waals surface area (Å²) in [5.41, 5.74) is 3.96. The van der Waals surface area contributed by atoms with E-state index in [9.17, 15) is 9.59 Å². The molecular weight excluding hydrogens is 334 g/mol. The summed E-state index contributed by atoms with van der Waals surface area (Å²) in [4.78, 5) is 25.5. The number of hydrogen-bond donors (Lipinski definition) is 0. The van der Waals surface area contributed by atoms with Gasteiger partial charge in [0.15, 0.2) is 0 Å². The quantitative estimate of drug-likeness (QED) is 0.598. The van der Waals surface area contributed by atoms with E-state index >= 15 is 0 Å². The summed E-state index contributed by atoms with van der Waals surface area (Å²) in [5.74, 6) is 0.173. The zero-order valence-corrected chi connectivity index (χ0v) is 16.5. The van der Waals surface area contributed by atoms with Gasteiger partial charge in [0, 0.05) is 6.26 Å². The lowest BCUT2D eigenvalue weighted by Gasteiger charge is -2.30. The van der Waals surface area contributed by atoms with E-state index in [1.807, 2.05) is 40.9 Å². The number of hydrogen-bond acceptors (Lipinski definition) is 4. The average Bonchev–Trinajstić information content (AvgIpc) is 3.30. The maximum atomic E-state index is 13.2.